The lowest BCUT2D eigenvalue weighted by Gasteiger charge is -2.21. The van der Waals surface area contributed by atoms with E-state index in [1.54, 1.807) is 7.11 Å². The molecule has 0 aromatic heterocycles. The highest BCUT2D eigenvalue weighted by molar-refractivity contribution is 9.10. The summed E-state index contributed by atoms with van der Waals surface area (Å²) >= 11 is 3.64. The van der Waals surface area contributed by atoms with Crippen LogP contribution in [0.25, 0.3) is 0 Å². The molecule has 0 bridgehead atoms. The molecule has 1 atom stereocenters. The van der Waals surface area contributed by atoms with E-state index < -0.39 is 0 Å². The Kier molecular flexibility index (Phi) is 4.20. The molecule has 0 saturated heterocycles. The van der Waals surface area contributed by atoms with Crippen molar-refractivity contribution in [2.45, 2.75) is 25.8 Å². The van der Waals surface area contributed by atoms with Crippen LogP contribution in [0.5, 0.6) is 5.75 Å². The highest BCUT2D eigenvalue weighted by atomic mass is 79.9. The van der Waals surface area contributed by atoms with E-state index in [2.05, 4.69) is 58.5 Å². The van der Waals surface area contributed by atoms with E-state index >= 15 is 0 Å². The molecule has 1 aliphatic rings. The maximum Gasteiger partial charge on any atom is 0.118 e. The molecule has 1 saturated carbocycles. The van der Waals surface area contributed by atoms with Crippen LogP contribution < -0.4 is 10.1 Å². The van der Waals surface area contributed by atoms with Crippen molar-refractivity contribution in [3.63, 3.8) is 0 Å². The summed E-state index contributed by atoms with van der Waals surface area (Å²) in [5.74, 6) is 1.64. The third-order valence-corrected chi connectivity index (χ3v) is 4.69. The molecule has 110 valence electrons. The summed E-state index contributed by atoms with van der Waals surface area (Å²) in [6.07, 6.45) is 2.60. The molecule has 0 heterocycles. The summed E-state index contributed by atoms with van der Waals surface area (Å²) in [4.78, 5) is 0. The second kappa shape index (κ2) is 6.10. The van der Waals surface area contributed by atoms with Gasteiger partial charge in [0.2, 0.25) is 0 Å². The Hall–Kier alpha value is -1.48. The molecule has 3 heteroatoms. The Morgan fingerprint density at radius 1 is 1.14 bits per heavy atom. The summed E-state index contributed by atoms with van der Waals surface area (Å²) in [6, 6.07) is 15.2. The van der Waals surface area contributed by atoms with Gasteiger partial charge in [0.25, 0.3) is 0 Å². The number of hydrogen-bond acceptors (Lipinski definition) is 2. The van der Waals surface area contributed by atoms with E-state index in [-0.39, 0.29) is 0 Å². The average Bonchev–Trinajstić information content (AvgIpc) is 3.33. The molecule has 3 rings (SSSR count). The smallest absolute Gasteiger partial charge is 0.118 e. The number of methoxy groups -OCH3 is 1. The van der Waals surface area contributed by atoms with Crippen molar-refractivity contribution in [1.29, 1.82) is 0 Å². The molecule has 0 aliphatic heterocycles. The highest BCUT2D eigenvalue weighted by Crippen LogP contribution is 2.44. The van der Waals surface area contributed by atoms with Gasteiger partial charge in [0.1, 0.15) is 5.75 Å². The third-order valence-electron chi connectivity index (χ3n) is 4.00. The van der Waals surface area contributed by atoms with Crippen LogP contribution >= 0.6 is 15.9 Å². The van der Waals surface area contributed by atoms with Crippen LogP contribution in [-0.2, 0) is 0 Å². The minimum absolute atomic E-state index is 0.369. The minimum atomic E-state index is 0.369. The Balaban J connectivity index is 1.86. The zero-order chi connectivity index (χ0) is 14.8. The topological polar surface area (TPSA) is 21.3 Å². The van der Waals surface area contributed by atoms with E-state index in [4.69, 9.17) is 4.74 Å². The predicted octanol–water partition coefficient (Wildman–Crippen LogP) is 5.33. The first-order valence-corrected chi connectivity index (χ1v) is 8.13. The van der Waals surface area contributed by atoms with Gasteiger partial charge >= 0.3 is 0 Å². The summed E-state index contributed by atoms with van der Waals surface area (Å²) in [5, 5.41) is 3.72. The Morgan fingerprint density at radius 2 is 1.86 bits per heavy atom. The highest BCUT2D eigenvalue weighted by Gasteiger charge is 2.32. The average molecular weight is 346 g/mol. The molecular formula is C18H20BrNO. The number of benzene rings is 2. The zero-order valence-corrected chi connectivity index (χ0v) is 14.0. The molecule has 1 unspecified atom stereocenters. The van der Waals surface area contributed by atoms with Crippen molar-refractivity contribution < 1.29 is 4.74 Å². The summed E-state index contributed by atoms with van der Waals surface area (Å²) in [7, 11) is 1.70. The zero-order valence-electron chi connectivity index (χ0n) is 12.4. The van der Waals surface area contributed by atoms with Crippen LogP contribution in [-0.4, -0.2) is 7.11 Å². The SMILES string of the molecule is COc1ccc(C(Nc2cc(C)ccc2Br)C2CC2)cc1. The number of anilines is 1. The van der Waals surface area contributed by atoms with Gasteiger partial charge in [-0.1, -0.05) is 18.2 Å². The normalized spacial score (nSPS) is 15.6. The van der Waals surface area contributed by atoms with Crippen LogP contribution in [0.1, 0.15) is 30.0 Å². The minimum Gasteiger partial charge on any atom is -0.497 e. The first-order chi connectivity index (χ1) is 10.2. The molecule has 2 nitrogen and oxygen atoms in total. The van der Waals surface area contributed by atoms with Crippen LogP contribution in [0.4, 0.5) is 5.69 Å². The second-order valence-electron chi connectivity index (χ2n) is 5.72. The van der Waals surface area contributed by atoms with E-state index in [1.165, 1.54) is 29.7 Å². The summed E-state index contributed by atoms with van der Waals surface area (Å²) < 4.78 is 6.37. The lowest BCUT2D eigenvalue weighted by molar-refractivity contribution is 0.414. The van der Waals surface area contributed by atoms with E-state index in [0.717, 1.165) is 16.1 Å². The predicted molar refractivity (Wildman–Crippen MR) is 91.0 cm³/mol. The van der Waals surface area contributed by atoms with Crippen molar-refractivity contribution in [2.24, 2.45) is 5.92 Å². The Labute approximate surface area is 134 Å². The second-order valence-corrected chi connectivity index (χ2v) is 6.57. The van der Waals surface area contributed by atoms with Gasteiger partial charge in [-0.2, -0.15) is 0 Å². The first kappa shape index (κ1) is 14.5. The van der Waals surface area contributed by atoms with Crippen LogP contribution in [0.3, 0.4) is 0 Å². The van der Waals surface area contributed by atoms with Crippen molar-refractivity contribution in [3.8, 4) is 5.75 Å². The van der Waals surface area contributed by atoms with Crippen molar-refractivity contribution in [2.75, 3.05) is 12.4 Å². The molecule has 1 aliphatic carbocycles. The molecule has 1 fully saturated rings. The van der Waals surface area contributed by atoms with Gasteiger partial charge in [0, 0.05) is 10.2 Å². The number of rotatable bonds is 5. The fraction of sp³-hybridized carbons (Fsp3) is 0.333. The van der Waals surface area contributed by atoms with Crippen LogP contribution in [0.2, 0.25) is 0 Å². The molecule has 0 spiro atoms. The van der Waals surface area contributed by atoms with Crippen molar-refractivity contribution in [3.05, 3.63) is 58.1 Å². The molecular weight excluding hydrogens is 326 g/mol. The van der Waals surface area contributed by atoms with Gasteiger partial charge in [0.15, 0.2) is 0 Å². The fourth-order valence-corrected chi connectivity index (χ4v) is 2.99. The quantitative estimate of drug-likeness (QED) is 0.790. The van der Waals surface area contributed by atoms with Gasteiger partial charge in [-0.15, -0.1) is 0 Å². The van der Waals surface area contributed by atoms with E-state index in [9.17, 15) is 0 Å². The maximum atomic E-state index is 5.25. The number of ether oxygens (including phenoxy) is 1. The number of halogens is 1. The Bertz CT molecular complexity index is 620. The van der Waals surface area contributed by atoms with Gasteiger partial charge in [-0.25, -0.2) is 0 Å². The van der Waals surface area contributed by atoms with E-state index in [1.807, 2.05) is 12.1 Å². The lowest BCUT2D eigenvalue weighted by Crippen LogP contribution is -2.13. The van der Waals surface area contributed by atoms with Crippen LogP contribution in [0, 0.1) is 12.8 Å². The first-order valence-electron chi connectivity index (χ1n) is 7.34. The van der Waals surface area contributed by atoms with E-state index in [0.29, 0.717) is 6.04 Å². The van der Waals surface area contributed by atoms with Crippen molar-refractivity contribution >= 4 is 21.6 Å². The summed E-state index contributed by atoms with van der Waals surface area (Å²) in [6.45, 7) is 2.12. The molecule has 1 N–H and O–H groups in total. The third kappa shape index (κ3) is 3.41. The number of aryl methyl sites for hydroxylation is 1. The standard InChI is InChI=1S/C18H20BrNO/c1-12-3-10-16(19)17(11-12)20-18(13-4-5-13)14-6-8-15(21-2)9-7-14/h3,6-11,13,18,20H,4-5H2,1-2H3. The van der Waals surface area contributed by atoms with Gasteiger partial charge in [-0.05, 0) is 77.0 Å². The fourth-order valence-electron chi connectivity index (χ4n) is 2.63. The number of nitrogens with one attached hydrogen (secondary N) is 1. The monoisotopic (exact) mass is 345 g/mol. The Morgan fingerprint density at radius 3 is 2.48 bits per heavy atom. The maximum absolute atomic E-state index is 5.25. The number of hydrogen-bond donors (Lipinski definition) is 1. The van der Waals surface area contributed by atoms with Gasteiger partial charge in [-0.3, -0.25) is 0 Å². The van der Waals surface area contributed by atoms with Gasteiger partial charge in [0.05, 0.1) is 13.2 Å². The molecule has 21 heavy (non-hydrogen) atoms. The van der Waals surface area contributed by atoms with Crippen molar-refractivity contribution in [1.82, 2.24) is 0 Å². The van der Waals surface area contributed by atoms with Gasteiger partial charge < -0.3 is 10.1 Å². The molecule has 0 radical (unpaired) electrons. The molecule has 2 aromatic carbocycles. The largest absolute Gasteiger partial charge is 0.497 e. The molecule has 2 aromatic rings. The molecule has 0 amide bonds. The summed E-state index contributed by atoms with van der Waals surface area (Å²) in [5.41, 5.74) is 3.76. The van der Waals surface area contributed by atoms with Crippen LogP contribution in [0.15, 0.2) is 46.9 Å². The lowest BCUT2D eigenvalue weighted by atomic mass is 10.0.